The maximum absolute atomic E-state index is 13.0. The summed E-state index contributed by atoms with van der Waals surface area (Å²) in [6.45, 7) is 0.938. The summed E-state index contributed by atoms with van der Waals surface area (Å²) in [6, 6.07) is 9.01. The molecular formula is C20H27NO5. The largest absolute Gasteiger partial charge is 0.544 e. The summed E-state index contributed by atoms with van der Waals surface area (Å²) in [5.74, 6) is -1.86. The number of carbonyl (C=O) groups excluding carboxylic acids is 2. The van der Waals surface area contributed by atoms with Gasteiger partial charge in [-0.25, -0.2) is 4.79 Å². The Kier molecular flexibility index (Phi) is 5.34. The Morgan fingerprint density at radius 1 is 1.23 bits per heavy atom. The number of quaternary nitrogens is 1. The summed E-state index contributed by atoms with van der Waals surface area (Å²) in [7, 11) is 1.82. The molecule has 1 saturated carbocycles. The summed E-state index contributed by atoms with van der Waals surface area (Å²) < 4.78 is 5.99. The molecule has 2 aliphatic rings. The van der Waals surface area contributed by atoms with Crippen molar-refractivity contribution in [2.24, 2.45) is 5.92 Å². The van der Waals surface area contributed by atoms with Crippen LogP contribution in [0.25, 0.3) is 0 Å². The van der Waals surface area contributed by atoms with Gasteiger partial charge in [-0.1, -0.05) is 43.2 Å². The van der Waals surface area contributed by atoms with Gasteiger partial charge in [-0.2, -0.15) is 0 Å². The van der Waals surface area contributed by atoms with Crippen molar-refractivity contribution in [2.45, 2.75) is 43.8 Å². The van der Waals surface area contributed by atoms with E-state index >= 15 is 0 Å². The second kappa shape index (κ2) is 7.37. The summed E-state index contributed by atoms with van der Waals surface area (Å²) in [5, 5.41) is 22.3. The molecule has 0 amide bonds. The van der Waals surface area contributed by atoms with E-state index in [1.165, 1.54) is 0 Å². The van der Waals surface area contributed by atoms with E-state index in [0.717, 1.165) is 25.7 Å². The highest BCUT2D eigenvalue weighted by Gasteiger charge is 2.49. The fraction of sp³-hybridized carbons (Fsp3) is 0.600. The minimum Gasteiger partial charge on any atom is -0.544 e. The number of carboxylic acid groups (broad SMARTS) is 1. The SMILES string of the molecule is C[N+]1(CC(=O)[O-])CC[C@@H](OC(=O)C(O)(c2ccccc2)C2CCCC2)C1. The van der Waals surface area contributed by atoms with Crippen LogP contribution in [-0.4, -0.2) is 54.3 Å². The molecule has 1 aliphatic heterocycles. The third-order valence-electron chi connectivity index (χ3n) is 5.89. The molecule has 1 aromatic rings. The molecule has 0 spiro atoms. The Balaban J connectivity index is 1.76. The molecule has 0 aromatic heterocycles. The predicted molar refractivity (Wildman–Crippen MR) is 92.6 cm³/mol. The van der Waals surface area contributed by atoms with Gasteiger partial charge in [0, 0.05) is 12.3 Å². The lowest BCUT2D eigenvalue weighted by Crippen LogP contribution is -2.51. The number of hydrogen-bond donors (Lipinski definition) is 1. The van der Waals surface area contributed by atoms with Crippen LogP contribution in [0.5, 0.6) is 0 Å². The van der Waals surface area contributed by atoms with E-state index < -0.39 is 17.5 Å². The zero-order valence-electron chi connectivity index (χ0n) is 15.2. The average Bonchev–Trinajstić information content (AvgIpc) is 3.25. The number of benzene rings is 1. The molecule has 6 heteroatoms. The number of carboxylic acids is 1. The molecule has 6 nitrogen and oxygen atoms in total. The third-order valence-corrected chi connectivity index (χ3v) is 5.89. The Morgan fingerprint density at radius 2 is 1.88 bits per heavy atom. The minimum absolute atomic E-state index is 0.0976. The second-order valence-electron chi connectivity index (χ2n) is 7.99. The molecule has 1 N–H and O–H groups in total. The quantitative estimate of drug-likeness (QED) is 0.592. The molecule has 0 radical (unpaired) electrons. The maximum atomic E-state index is 13.0. The maximum Gasteiger partial charge on any atom is 0.343 e. The highest BCUT2D eigenvalue weighted by Crippen LogP contribution is 2.42. The molecule has 2 unspecified atom stereocenters. The Bertz CT molecular complexity index is 657. The summed E-state index contributed by atoms with van der Waals surface area (Å²) in [4.78, 5) is 24.0. The molecule has 1 aliphatic carbocycles. The number of nitrogens with zero attached hydrogens (tertiary/aromatic N) is 1. The number of aliphatic carboxylic acids is 1. The van der Waals surface area contributed by atoms with Crippen molar-refractivity contribution in [3.8, 4) is 0 Å². The highest BCUT2D eigenvalue weighted by molar-refractivity contribution is 5.81. The van der Waals surface area contributed by atoms with Crippen molar-refractivity contribution in [1.82, 2.24) is 0 Å². The summed E-state index contributed by atoms with van der Waals surface area (Å²) in [6.07, 6.45) is 3.79. The molecule has 0 bridgehead atoms. The number of likely N-dealkylation sites (tertiary alicyclic amines) is 1. The van der Waals surface area contributed by atoms with Gasteiger partial charge in [0.15, 0.2) is 11.7 Å². The van der Waals surface area contributed by atoms with Crippen molar-refractivity contribution in [3.05, 3.63) is 35.9 Å². The van der Waals surface area contributed by atoms with Crippen molar-refractivity contribution in [2.75, 3.05) is 26.7 Å². The second-order valence-corrected chi connectivity index (χ2v) is 7.99. The van der Waals surface area contributed by atoms with Crippen LogP contribution in [0, 0.1) is 5.92 Å². The Morgan fingerprint density at radius 3 is 2.50 bits per heavy atom. The lowest BCUT2D eigenvalue weighted by Gasteiger charge is -2.33. The van der Waals surface area contributed by atoms with Crippen LogP contribution >= 0.6 is 0 Å². The number of hydrogen-bond acceptors (Lipinski definition) is 5. The summed E-state index contributed by atoms with van der Waals surface area (Å²) >= 11 is 0. The predicted octanol–water partition coefficient (Wildman–Crippen LogP) is 0.576. The molecule has 142 valence electrons. The number of carbonyl (C=O) groups is 2. The van der Waals surface area contributed by atoms with Gasteiger partial charge < -0.3 is 24.2 Å². The molecule has 1 heterocycles. The normalized spacial score (nSPS) is 28.6. The van der Waals surface area contributed by atoms with E-state index in [1.54, 1.807) is 12.1 Å². The molecule has 3 atom stereocenters. The van der Waals surface area contributed by atoms with Crippen LogP contribution in [0.3, 0.4) is 0 Å². The van der Waals surface area contributed by atoms with Crippen LogP contribution < -0.4 is 5.11 Å². The first-order chi connectivity index (χ1) is 12.3. The molecule has 3 rings (SSSR count). The molecule has 1 aromatic carbocycles. The number of esters is 1. The van der Waals surface area contributed by atoms with Crippen molar-refractivity contribution < 1.29 is 29.0 Å². The van der Waals surface area contributed by atoms with Gasteiger partial charge in [-0.05, 0) is 18.4 Å². The first kappa shape index (κ1) is 18.9. The highest BCUT2D eigenvalue weighted by atomic mass is 16.6. The number of aliphatic hydroxyl groups is 1. The Hall–Kier alpha value is -1.92. The van der Waals surface area contributed by atoms with E-state index in [-0.39, 0.29) is 23.0 Å². The monoisotopic (exact) mass is 361 g/mol. The lowest BCUT2D eigenvalue weighted by atomic mass is 9.80. The van der Waals surface area contributed by atoms with Crippen molar-refractivity contribution in [1.29, 1.82) is 0 Å². The van der Waals surface area contributed by atoms with E-state index in [0.29, 0.717) is 25.1 Å². The first-order valence-corrected chi connectivity index (χ1v) is 9.36. The van der Waals surface area contributed by atoms with Crippen LogP contribution in [0.2, 0.25) is 0 Å². The number of rotatable bonds is 6. The standard InChI is InChI=1S/C20H27NO5/c1-21(14-18(22)23)12-11-17(13-21)26-19(24)20(25,16-9-5-6-10-16)15-7-3-2-4-8-15/h2-4,7-8,16-17,25H,5-6,9-14H2,1H3/t17-,20?,21?/m1/s1. The fourth-order valence-corrected chi connectivity index (χ4v) is 4.48. The van der Waals surface area contributed by atoms with Gasteiger partial charge in [0.2, 0.25) is 0 Å². The molecule has 1 saturated heterocycles. The van der Waals surface area contributed by atoms with E-state index in [9.17, 15) is 19.8 Å². The smallest absolute Gasteiger partial charge is 0.343 e. The van der Waals surface area contributed by atoms with Crippen LogP contribution in [-0.2, 0) is 19.9 Å². The zero-order chi connectivity index (χ0) is 18.8. The van der Waals surface area contributed by atoms with E-state index in [2.05, 4.69) is 0 Å². The average molecular weight is 361 g/mol. The van der Waals surface area contributed by atoms with Gasteiger partial charge in [0.1, 0.15) is 13.1 Å². The van der Waals surface area contributed by atoms with Gasteiger partial charge >= 0.3 is 5.97 Å². The van der Waals surface area contributed by atoms with E-state index in [4.69, 9.17) is 4.74 Å². The Labute approximate surface area is 154 Å². The van der Waals surface area contributed by atoms with Gasteiger partial charge in [-0.3, -0.25) is 0 Å². The van der Waals surface area contributed by atoms with Crippen LogP contribution in [0.1, 0.15) is 37.7 Å². The number of likely N-dealkylation sites (N-methyl/N-ethyl adjacent to an activating group) is 1. The third kappa shape index (κ3) is 3.76. The number of ether oxygens (including phenoxy) is 1. The van der Waals surface area contributed by atoms with Crippen LogP contribution in [0.4, 0.5) is 0 Å². The summed E-state index contributed by atoms with van der Waals surface area (Å²) in [5.41, 5.74) is -1.07. The van der Waals surface area contributed by atoms with Gasteiger partial charge in [0.25, 0.3) is 0 Å². The van der Waals surface area contributed by atoms with E-state index in [1.807, 2.05) is 25.2 Å². The van der Waals surface area contributed by atoms with Gasteiger partial charge in [0.05, 0.1) is 19.6 Å². The molecular weight excluding hydrogens is 334 g/mol. The lowest BCUT2D eigenvalue weighted by molar-refractivity contribution is -0.893. The zero-order valence-corrected chi connectivity index (χ0v) is 15.2. The molecule has 26 heavy (non-hydrogen) atoms. The first-order valence-electron chi connectivity index (χ1n) is 9.36. The fourth-order valence-electron chi connectivity index (χ4n) is 4.48. The van der Waals surface area contributed by atoms with Crippen molar-refractivity contribution in [3.63, 3.8) is 0 Å². The minimum atomic E-state index is -1.64. The topological polar surface area (TPSA) is 86.7 Å². The molecule has 2 fully saturated rings. The van der Waals surface area contributed by atoms with Crippen LogP contribution in [0.15, 0.2) is 30.3 Å². The van der Waals surface area contributed by atoms with Crippen molar-refractivity contribution >= 4 is 11.9 Å². The van der Waals surface area contributed by atoms with Gasteiger partial charge in [-0.15, -0.1) is 0 Å².